The molecule has 112 valence electrons. The Balaban J connectivity index is 2.26. The number of nitrogens with zero attached hydrogens (tertiary/aromatic N) is 3. The molecule has 0 spiro atoms. The zero-order valence-electron chi connectivity index (χ0n) is 12.8. The maximum Gasteiger partial charge on any atom is 0.156 e. The smallest absolute Gasteiger partial charge is 0.156 e. The monoisotopic (exact) mass is 289 g/mol. The molecule has 0 aliphatic rings. The minimum absolute atomic E-state index is 0.0790. The van der Waals surface area contributed by atoms with Crippen LogP contribution in [0.2, 0.25) is 0 Å². The standard InChI is InChI=1S/C16H20FN3O/c1-11-9-16(19-15(18-11)10-21-4)20(3)12(2)13-5-7-14(17)8-6-13/h5-9,12H,10H2,1-4H3. The Morgan fingerprint density at radius 1 is 1.24 bits per heavy atom. The van der Waals surface area contributed by atoms with Gasteiger partial charge in [-0.3, -0.25) is 0 Å². The molecular formula is C16H20FN3O. The fourth-order valence-electron chi connectivity index (χ4n) is 2.15. The van der Waals surface area contributed by atoms with Gasteiger partial charge in [0.2, 0.25) is 0 Å². The molecule has 1 unspecified atom stereocenters. The third kappa shape index (κ3) is 3.76. The predicted octanol–water partition coefficient (Wildman–Crippen LogP) is 3.27. The lowest BCUT2D eigenvalue weighted by Gasteiger charge is -2.27. The van der Waals surface area contributed by atoms with Crippen LogP contribution in [0.4, 0.5) is 10.2 Å². The number of rotatable bonds is 5. The lowest BCUT2D eigenvalue weighted by atomic mass is 10.1. The highest BCUT2D eigenvalue weighted by Gasteiger charge is 2.15. The molecule has 2 aromatic rings. The Morgan fingerprint density at radius 2 is 1.90 bits per heavy atom. The first-order valence-electron chi connectivity index (χ1n) is 6.83. The van der Waals surface area contributed by atoms with Gasteiger partial charge >= 0.3 is 0 Å². The molecule has 5 heteroatoms. The Kier molecular flexibility index (Phi) is 4.85. The van der Waals surface area contributed by atoms with Crippen molar-refractivity contribution in [1.29, 1.82) is 0 Å². The van der Waals surface area contributed by atoms with Gasteiger partial charge in [0.05, 0.1) is 6.04 Å². The van der Waals surface area contributed by atoms with Crippen LogP contribution in [0.15, 0.2) is 30.3 Å². The van der Waals surface area contributed by atoms with Crippen molar-refractivity contribution in [3.63, 3.8) is 0 Å². The normalized spacial score (nSPS) is 12.2. The number of aryl methyl sites for hydroxylation is 1. The van der Waals surface area contributed by atoms with Crippen molar-refractivity contribution in [3.8, 4) is 0 Å². The highest BCUT2D eigenvalue weighted by molar-refractivity contribution is 5.42. The maximum atomic E-state index is 13.0. The Labute approximate surface area is 124 Å². The number of halogens is 1. The highest BCUT2D eigenvalue weighted by atomic mass is 19.1. The summed E-state index contributed by atoms with van der Waals surface area (Å²) in [6.45, 7) is 4.37. The van der Waals surface area contributed by atoms with E-state index in [0.29, 0.717) is 12.4 Å². The lowest BCUT2D eigenvalue weighted by molar-refractivity contribution is 0.177. The summed E-state index contributed by atoms with van der Waals surface area (Å²) in [4.78, 5) is 10.9. The fraction of sp³-hybridized carbons (Fsp3) is 0.375. The molecule has 0 saturated heterocycles. The second kappa shape index (κ2) is 6.63. The molecule has 0 amide bonds. The third-order valence-corrected chi connectivity index (χ3v) is 3.46. The van der Waals surface area contributed by atoms with E-state index >= 15 is 0 Å². The summed E-state index contributed by atoms with van der Waals surface area (Å²) >= 11 is 0. The molecule has 1 aromatic heterocycles. The van der Waals surface area contributed by atoms with Gasteiger partial charge in [-0.05, 0) is 31.5 Å². The van der Waals surface area contributed by atoms with Gasteiger partial charge in [0.25, 0.3) is 0 Å². The molecular weight excluding hydrogens is 269 g/mol. The van der Waals surface area contributed by atoms with E-state index in [4.69, 9.17) is 4.74 Å². The maximum absolute atomic E-state index is 13.0. The van der Waals surface area contributed by atoms with Crippen molar-refractivity contribution in [2.24, 2.45) is 0 Å². The number of hydrogen-bond donors (Lipinski definition) is 0. The van der Waals surface area contributed by atoms with Gasteiger partial charge in [-0.25, -0.2) is 14.4 Å². The molecule has 1 heterocycles. The van der Waals surface area contributed by atoms with Crippen LogP contribution in [0.1, 0.15) is 30.0 Å². The summed E-state index contributed by atoms with van der Waals surface area (Å²) in [7, 11) is 3.59. The van der Waals surface area contributed by atoms with Crippen LogP contribution in [-0.4, -0.2) is 24.1 Å². The van der Waals surface area contributed by atoms with E-state index in [1.807, 2.05) is 24.9 Å². The second-order valence-corrected chi connectivity index (χ2v) is 5.06. The first kappa shape index (κ1) is 15.4. The number of ether oxygens (including phenoxy) is 1. The van der Waals surface area contributed by atoms with E-state index in [2.05, 4.69) is 16.9 Å². The summed E-state index contributed by atoms with van der Waals surface area (Å²) in [5.74, 6) is 1.26. The molecule has 1 aromatic carbocycles. The van der Waals surface area contributed by atoms with Crippen molar-refractivity contribution in [3.05, 3.63) is 53.2 Å². The summed E-state index contributed by atoms with van der Waals surface area (Å²) in [5.41, 5.74) is 1.92. The lowest BCUT2D eigenvalue weighted by Crippen LogP contribution is -2.23. The van der Waals surface area contributed by atoms with Gasteiger partial charge in [0.1, 0.15) is 18.2 Å². The average molecular weight is 289 g/mol. The van der Waals surface area contributed by atoms with E-state index in [9.17, 15) is 4.39 Å². The Morgan fingerprint density at radius 3 is 2.52 bits per heavy atom. The van der Waals surface area contributed by atoms with Crippen LogP contribution in [0, 0.1) is 12.7 Å². The molecule has 1 atom stereocenters. The highest BCUT2D eigenvalue weighted by Crippen LogP contribution is 2.24. The topological polar surface area (TPSA) is 38.2 Å². The molecule has 21 heavy (non-hydrogen) atoms. The summed E-state index contributed by atoms with van der Waals surface area (Å²) in [5, 5.41) is 0. The molecule has 0 bridgehead atoms. The van der Waals surface area contributed by atoms with E-state index in [1.54, 1.807) is 19.2 Å². The number of anilines is 1. The summed E-state index contributed by atoms with van der Waals surface area (Å²) in [6, 6.07) is 8.54. The summed E-state index contributed by atoms with van der Waals surface area (Å²) in [6.07, 6.45) is 0. The van der Waals surface area contributed by atoms with Crippen LogP contribution in [0.3, 0.4) is 0 Å². The van der Waals surface area contributed by atoms with Crippen molar-refractivity contribution in [2.75, 3.05) is 19.1 Å². The Hall–Kier alpha value is -2.01. The molecule has 2 rings (SSSR count). The van der Waals surface area contributed by atoms with Gasteiger partial charge in [-0.2, -0.15) is 0 Å². The number of hydrogen-bond acceptors (Lipinski definition) is 4. The second-order valence-electron chi connectivity index (χ2n) is 5.06. The number of benzene rings is 1. The molecule has 4 nitrogen and oxygen atoms in total. The van der Waals surface area contributed by atoms with E-state index in [-0.39, 0.29) is 11.9 Å². The third-order valence-electron chi connectivity index (χ3n) is 3.46. The van der Waals surface area contributed by atoms with Crippen molar-refractivity contribution in [2.45, 2.75) is 26.5 Å². The quantitative estimate of drug-likeness (QED) is 0.846. The fourth-order valence-corrected chi connectivity index (χ4v) is 2.15. The van der Waals surface area contributed by atoms with Crippen LogP contribution in [0.25, 0.3) is 0 Å². The molecule has 0 N–H and O–H groups in total. The minimum Gasteiger partial charge on any atom is -0.377 e. The van der Waals surface area contributed by atoms with E-state index in [1.165, 1.54) is 12.1 Å². The van der Waals surface area contributed by atoms with Crippen molar-refractivity contribution >= 4 is 5.82 Å². The van der Waals surface area contributed by atoms with Crippen LogP contribution >= 0.6 is 0 Å². The predicted molar refractivity (Wildman–Crippen MR) is 80.7 cm³/mol. The largest absolute Gasteiger partial charge is 0.377 e. The van der Waals surface area contributed by atoms with Crippen LogP contribution < -0.4 is 4.90 Å². The number of methoxy groups -OCH3 is 1. The van der Waals surface area contributed by atoms with Gasteiger partial charge in [0, 0.05) is 25.9 Å². The first-order valence-corrected chi connectivity index (χ1v) is 6.83. The van der Waals surface area contributed by atoms with Crippen molar-refractivity contribution < 1.29 is 9.13 Å². The Bertz CT molecular complexity index is 601. The van der Waals surface area contributed by atoms with Crippen LogP contribution in [-0.2, 0) is 11.3 Å². The van der Waals surface area contributed by atoms with E-state index < -0.39 is 0 Å². The van der Waals surface area contributed by atoms with Gasteiger partial charge < -0.3 is 9.64 Å². The van der Waals surface area contributed by atoms with Gasteiger partial charge in [-0.1, -0.05) is 12.1 Å². The zero-order valence-corrected chi connectivity index (χ0v) is 12.8. The van der Waals surface area contributed by atoms with E-state index in [0.717, 1.165) is 17.1 Å². The van der Waals surface area contributed by atoms with Gasteiger partial charge in [-0.15, -0.1) is 0 Å². The minimum atomic E-state index is -0.228. The SMILES string of the molecule is COCc1nc(C)cc(N(C)C(C)c2ccc(F)cc2)n1. The molecule has 0 aliphatic heterocycles. The van der Waals surface area contributed by atoms with Crippen LogP contribution in [0.5, 0.6) is 0 Å². The molecule has 0 aliphatic carbocycles. The molecule has 0 saturated carbocycles. The average Bonchev–Trinajstić information content (AvgIpc) is 2.46. The molecule has 0 radical (unpaired) electrons. The van der Waals surface area contributed by atoms with Crippen molar-refractivity contribution in [1.82, 2.24) is 9.97 Å². The number of aromatic nitrogens is 2. The van der Waals surface area contributed by atoms with Gasteiger partial charge in [0.15, 0.2) is 5.82 Å². The first-order chi connectivity index (χ1) is 10.0. The summed E-state index contributed by atoms with van der Waals surface area (Å²) < 4.78 is 18.1. The molecule has 0 fully saturated rings. The zero-order chi connectivity index (χ0) is 15.4.